The molecule has 5 heteroatoms. The van der Waals surface area contributed by atoms with Crippen LogP contribution in [0.3, 0.4) is 0 Å². The summed E-state index contributed by atoms with van der Waals surface area (Å²) in [6.45, 7) is 2.27. The highest BCUT2D eigenvalue weighted by molar-refractivity contribution is 5.99. The van der Waals surface area contributed by atoms with Crippen LogP contribution in [0.1, 0.15) is 61.7 Å². The molecule has 1 amide bonds. The SMILES string of the molecule is Nc1ncc(-c2ccc(N3CCCCC3)cc2)cc1C(=O)NC1CCCCC1. The Morgan fingerprint density at radius 2 is 1.64 bits per heavy atom. The van der Waals surface area contributed by atoms with Crippen LogP contribution in [0.2, 0.25) is 0 Å². The summed E-state index contributed by atoms with van der Waals surface area (Å²) in [5.41, 5.74) is 9.74. The first-order valence-corrected chi connectivity index (χ1v) is 10.6. The van der Waals surface area contributed by atoms with E-state index in [1.807, 2.05) is 6.07 Å². The maximum atomic E-state index is 12.7. The van der Waals surface area contributed by atoms with E-state index in [-0.39, 0.29) is 11.9 Å². The molecule has 0 bridgehead atoms. The smallest absolute Gasteiger partial charge is 0.255 e. The minimum absolute atomic E-state index is 0.108. The molecule has 5 nitrogen and oxygen atoms in total. The van der Waals surface area contributed by atoms with Crippen LogP contribution in [0.5, 0.6) is 0 Å². The van der Waals surface area contributed by atoms with Gasteiger partial charge in [-0.05, 0) is 55.9 Å². The van der Waals surface area contributed by atoms with E-state index < -0.39 is 0 Å². The fourth-order valence-electron chi connectivity index (χ4n) is 4.34. The zero-order valence-corrected chi connectivity index (χ0v) is 16.5. The summed E-state index contributed by atoms with van der Waals surface area (Å²) in [5.74, 6) is 0.186. The topological polar surface area (TPSA) is 71.2 Å². The Morgan fingerprint density at radius 1 is 0.964 bits per heavy atom. The molecule has 28 heavy (non-hydrogen) atoms. The van der Waals surface area contributed by atoms with Gasteiger partial charge in [0.05, 0.1) is 5.56 Å². The first-order chi connectivity index (χ1) is 13.7. The predicted octanol–water partition coefficient (Wildman–Crippen LogP) is 4.38. The van der Waals surface area contributed by atoms with Gasteiger partial charge in [-0.1, -0.05) is 31.4 Å². The van der Waals surface area contributed by atoms with Gasteiger partial charge in [-0.3, -0.25) is 4.79 Å². The van der Waals surface area contributed by atoms with E-state index in [1.54, 1.807) is 6.20 Å². The van der Waals surface area contributed by atoms with E-state index in [0.717, 1.165) is 37.1 Å². The van der Waals surface area contributed by atoms with Crippen molar-refractivity contribution in [2.45, 2.75) is 57.4 Å². The van der Waals surface area contributed by atoms with Crippen molar-refractivity contribution in [2.75, 3.05) is 23.7 Å². The van der Waals surface area contributed by atoms with Crippen LogP contribution in [0, 0.1) is 0 Å². The van der Waals surface area contributed by atoms with Gasteiger partial charge < -0.3 is 16.0 Å². The molecule has 1 aromatic heterocycles. The van der Waals surface area contributed by atoms with E-state index >= 15 is 0 Å². The molecule has 0 radical (unpaired) electrons. The number of nitrogens with zero attached hydrogens (tertiary/aromatic N) is 2. The Hall–Kier alpha value is -2.56. The number of piperidine rings is 1. The number of hydrogen-bond donors (Lipinski definition) is 2. The Morgan fingerprint density at radius 3 is 2.36 bits per heavy atom. The van der Waals surface area contributed by atoms with Gasteiger partial charge in [0.25, 0.3) is 5.91 Å². The minimum atomic E-state index is -0.108. The summed E-state index contributed by atoms with van der Waals surface area (Å²) in [7, 11) is 0. The average Bonchev–Trinajstić information content (AvgIpc) is 2.75. The highest BCUT2D eigenvalue weighted by Crippen LogP contribution is 2.27. The van der Waals surface area contributed by atoms with Crippen LogP contribution in [-0.2, 0) is 0 Å². The second-order valence-corrected chi connectivity index (χ2v) is 8.06. The lowest BCUT2D eigenvalue weighted by Crippen LogP contribution is -2.36. The molecule has 2 fully saturated rings. The van der Waals surface area contributed by atoms with Crippen LogP contribution in [0.15, 0.2) is 36.5 Å². The fraction of sp³-hybridized carbons (Fsp3) is 0.478. The third-order valence-corrected chi connectivity index (χ3v) is 6.03. The van der Waals surface area contributed by atoms with E-state index in [1.165, 1.54) is 44.2 Å². The molecule has 2 heterocycles. The summed E-state index contributed by atoms with van der Waals surface area (Å²) in [4.78, 5) is 19.5. The predicted molar refractivity (Wildman–Crippen MR) is 114 cm³/mol. The number of carbonyl (C=O) groups is 1. The summed E-state index contributed by atoms with van der Waals surface area (Å²) >= 11 is 0. The van der Waals surface area contributed by atoms with Gasteiger partial charge in [0.2, 0.25) is 0 Å². The summed E-state index contributed by atoms with van der Waals surface area (Å²) in [6.07, 6.45) is 11.4. The number of nitrogens with two attached hydrogens (primary N) is 1. The summed E-state index contributed by atoms with van der Waals surface area (Å²) in [6, 6.07) is 10.7. The van der Waals surface area contributed by atoms with E-state index in [9.17, 15) is 4.79 Å². The maximum Gasteiger partial charge on any atom is 0.255 e. The number of nitrogen functional groups attached to an aromatic ring is 1. The van der Waals surface area contributed by atoms with Crippen LogP contribution in [0.25, 0.3) is 11.1 Å². The molecule has 3 N–H and O–H groups in total. The second-order valence-electron chi connectivity index (χ2n) is 8.06. The quantitative estimate of drug-likeness (QED) is 0.828. The standard InChI is InChI=1S/C23H30N4O/c24-22-21(23(28)26-19-7-3-1-4-8-19)15-18(16-25-22)17-9-11-20(12-10-17)27-13-5-2-6-14-27/h9-12,15-16,19H,1-8,13-14H2,(H2,24,25)(H,26,28). The molecule has 4 rings (SSSR count). The number of pyridine rings is 1. The zero-order chi connectivity index (χ0) is 19.3. The lowest BCUT2D eigenvalue weighted by atomic mass is 9.95. The third-order valence-electron chi connectivity index (χ3n) is 6.03. The number of rotatable bonds is 4. The molecular formula is C23H30N4O. The Bertz CT molecular complexity index is 806. The highest BCUT2D eigenvalue weighted by Gasteiger charge is 2.19. The van der Waals surface area contributed by atoms with Crippen molar-refractivity contribution in [3.63, 3.8) is 0 Å². The first-order valence-electron chi connectivity index (χ1n) is 10.6. The monoisotopic (exact) mass is 378 g/mol. The van der Waals surface area contributed by atoms with Gasteiger partial charge in [0.1, 0.15) is 5.82 Å². The van der Waals surface area contributed by atoms with Crippen molar-refractivity contribution in [2.24, 2.45) is 0 Å². The van der Waals surface area contributed by atoms with Crippen molar-refractivity contribution in [1.82, 2.24) is 10.3 Å². The number of hydrogen-bond acceptors (Lipinski definition) is 4. The molecule has 148 valence electrons. The zero-order valence-electron chi connectivity index (χ0n) is 16.5. The lowest BCUT2D eigenvalue weighted by Gasteiger charge is -2.28. The van der Waals surface area contributed by atoms with Crippen LogP contribution >= 0.6 is 0 Å². The van der Waals surface area contributed by atoms with Crippen LogP contribution in [-0.4, -0.2) is 30.0 Å². The largest absolute Gasteiger partial charge is 0.383 e. The maximum absolute atomic E-state index is 12.7. The number of anilines is 2. The molecule has 0 atom stereocenters. The normalized spacial score (nSPS) is 18.1. The first kappa shape index (κ1) is 18.8. The van der Waals surface area contributed by atoms with Gasteiger partial charge in [0.15, 0.2) is 0 Å². The Labute approximate surface area is 167 Å². The average molecular weight is 379 g/mol. The Kier molecular flexibility index (Phi) is 5.79. The number of aromatic nitrogens is 1. The molecule has 1 aliphatic heterocycles. The van der Waals surface area contributed by atoms with Crippen molar-refractivity contribution in [1.29, 1.82) is 0 Å². The van der Waals surface area contributed by atoms with Crippen LogP contribution in [0.4, 0.5) is 11.5 Å². The molecule has 2 aliphatic rings. The number of amides is 1. The van der Waals surface area contributed by atoms with Gasteiger partial charge in [-0.15, -0.1) is 0 Å². The number of nitrogens with one attached hydrogen (secondary N) is 1. The van der Waals surface area contributed by atoms with Crippen molar-refractivity contribution < 1.29 is 4.79 Å². The second kappa shape index (κ2) is 8.63. The third kappa shape index (κ3) is 4.29. The van der Waals surface area contributed by atoms with E-state index in [2.05, 4.69) is 39.5 Å². The van der Waals surface area contributed by atoms with E-state index in [4.69, 9.17) is 5.73 Å². The molecular weight excluding hydrogens is 348 g/mol. The molecule has 2 aromatic rings. The number of benzene rings is 1. The number of carbonyl (C=O) groups excluding carboxylic acids is 1. The van der Waals surface area contributed by atoms with Crippen molar-refractivity contribution in [3.05, 3.63) is 42.1 Å². The van der Waals surface area contributed by atoms with Gasteiger partial charge in [-0.2, -0.15) is 0 Å². The fourth-order valence-corrected chi connectivity index (χ4v) is 4.34. The van der Waals surface area contributed by atoms with E-state index in [0.29, 0.717) is 11.4 Å². The van der Waals surface area contributed by atoms with Crippen molar-refractivity contribution >= 4 is 17.4 Å². The molecule has 1 saturated heterocycles. The highest BCUT2D eigenvalue weighted by atomic mass is 16.1. The molecule has 1 aliphatic carbocycles. The van der Waals surface area contributed by atoms with Gasteiger partial charge in [-0.25, -0.2) is 4.98 Å². The molecule has 1 aromatic carbocycles. The van der Waals surface area contributed by atoms with Gasteiger partial charge in [0, 0.05) is 36.6 Å². The lowest BCUT2D eigenvalue weighted by molar-refractivity contribution is 0.0928. The molecule has 0 spiro atoms. The Balaban J connectivity index is 1.50. The molecule has 0 unspecified atom stereocenters. The van der Waals surface area contributed by atoms with Crippen LogP contribution < -0.4 is 16.0 Å². The van der Waals surface area contributed by atoms with Gasteiger partial charge >= 0.3 is 0 Å². The summed E-state index contributed by atoms with van der Waals surface area (Å²) in [5, 5.41) is 3.14. The summed E-state index contributed by atoms with van der Waals surface area (Å²) < 4.78 is 0. The molecule has 1 saturated carbocycles. The van der Waals surface area contributed by atoms with Crippen molar-refractivity contribution in [3.8, 4) is 11.1 Å². The minimum Gasteiger partial charge on any atom is -0.383 e.